The predicted octanol–water partition coefficient (Wildman–Crippen LogP) is 5.23. The Labute approximate surface area is 190 Å². The van der Waals surface area contributed by atoms with Gasteiger partial charge in [-0.15, -0.1) is 10.2 Å². The van der Waals surface area contributed by atoms with Gasteiger partial charge in [-0.3, -0.25) is 0 Å². The van der Waals surface area contributed by atoms with Crippen LogP contribution < -0.4 is 0 Å². The smallest absolute Gasteiger partial charge is 0.213 e. The summed E-state index contributed by atoms with van der Waals surface area (Å²) in [4.78, 5) is 4.95. The van der Waals surface area contributed by atoms with Gasteiger partial charge in [-0.05, 0) is 47.2 Å². The maximum Gasteiger partial charge on any atom is 0.213 e. The van der Waals surface area contributed by atoms with Gasteiger partial charge in [0, 0.05) is 24.2 Å². The summed E-state index contributed by atoms with van der Waals surface area (Å²) < 4.78 is 2.41. The summed E-state index contributed by atoms with van der Waals surface area (Å²) in [6.45, 7) is 12.0. The summed E-state index contributed by atoms with van der Waals surface area (Å²) in [5.74, 6) is 1.70. The SMILES string of the molecule is CCc1c(C)nc(CC(C)(C)CC)n1Cc1ccc(-c2ccc#cc2-c2nn[nH]n2)cc1. The van der Waals surface area contributed by atoms with E-state index in [1.807, 2.05) is 12.1 Å². The molecule has 6 heteroatoms. The maximum atomic E-state index is 4.95. The lowest BCUT2D eigenvalue weighted by molar-refractivity contribution is 0.336. The third-order valence-electron chi connectivity index (χ3n) is 6.25. The summed E-state index contributed by atoms with van der Waals surface area (Å²) in [6.07, 6.45) is 3.09. The minimum atomic E-state index is 0.233. The molecule has 0 amide bonds. The Morgan fingerprint density at radius 1 is 1.09 bits per heavy atom. The van der Waals surface area contributed by atoms with Crippen molar-refractivity contribution in [1.82, 2.24) is 30.2 Å². The lowest BCUT2D eigenvalue weighted by Crippen LogP contribution is -2.18. The molecule has 0 aliphatic carbocycles. The lowest BCUT2D eigenvalue weighted by Gasteiger charge is -2.23. The van der Waals surface area contributed by atoms with Crippen molar-refractivity contribution in [3.05, 3.63) is 71.3 Å². The van der Waals surface area contributed by atoms with E-state index in [1.54, 1.807) is 0 Å². The number of aromatic amines is 1. The third kappa shape index (κ3) is 4.43. The van der Waals surface area contributed by atoms with Crippen LogP contribution in [0.2, 0.25) is 0 Å². The summed E-state index contributed by atoms with van der Waals surface area (Å²) in [5, 5.41) is 14.4. The first-order valence-electron chi connectivity index (χ1n) is 11.2. The van der Waals surface area contributed by atoms with Crippen molar-refractivity contribution < 1.29 is 0 Å². The topological polar surface area (TPSA) is 72.3 Å². The fraction of sp³-hybridized carbons (Fsp3) is 0.385. The third-order valence-corrected chi connectivity index (χ3v) is 6.25. The minimum Gasteiger partial charge on any atom is -0.327 e. The van der Waals surface area contributed by atoms with Crippen molar-refractivity contribution in [2.75, 3.05) is 0 Å². The molecular weight excluding hydrogens is 396 g/mol. The van der Waals surface area contributed by atoms with E-state index in [4.69, 9.17) is 4.98 Å². The van der Waals surface area contributed by atoms with Crippen LogP contribution >= 0.6 is 0 Å². The van der Waals surface area contributed by atoms with Gasteiger partial charge in [-0.2, -0.15) is 5.21 Å². The number of aryl methyl sites for hydroxylation is 1. The molecule has 2 aromatic heterocycles. The summed E-state index contributed by atoms with van der Waals surface area (Å²) in [6, 6.07) is 18.7. The van der Waals surface area contributed by atoms with Crippen molar-refractivity contribution in [3.63, 3.8) is 0 Å². The molecule has 0 saturated carbocycles. The van der Waals surface area contributed by atoms with Gasteiger partial charge < -0.3 is 4.57 Å². The molecule has 2 aromatic carbocycles. The van der Waals surface area contributed by atoms with Crippen LogP contribution in [0.1, 0.15) is 56.9 Å². The second-order valence-electron chi connectivity index (χ2n) is 9.02. The largest absolute Gasteiger partial charge is 0.327 e. The van der Waals surface area contributed by atoms with Gasteiger partial charge in [-0.25, -0.2) is 4.98 Å². The van der Waals surface area contributed by atoms with Gasteiger partial charge >= 0.3 is 0 Å². The molecule has 0 radical (unpaired) electrons. The average Bonchev–Trinajstić information content (AvgIpc) is 3.42. The molecule has 2 heterocycles. The molecule has 0 aliphatic heterocycles. The average molecular weight is 427 g/mol. The molecule has 0 spiro atoms. The number of aromatic nitrogens is 6. The Morgan fingerprint density at radius 3 is 2.53 bits per heavy atom. The number of benzene rings is 1. The molecule has 4 aromatic rings. The fourth-order valence-corrected chi connectivity index (χ4v) is 4.04. The van der Waals surface area contributed by atoms with E-state index in [9.17, 15) is 0 Å². The Hall–Kier alpha value is -3.46. The van der Waals surface area contributed by atoms with E-state index in [2.05, 4.69) is 96.2 Å². The number of nitrogens with zero attached hydrogens (tertiary/aromatic N) is 5. The van der Waals surface area contributed by atoms with E-state index in [-0.39, 0.29) is 5.41 Å². The number of rotatable bonds is 8. The lowest BCUT2D eigenvalue weighted by atomic mass is 9.86. The van der Waals surface area contributed by atoms with E-state index < -0.39 is 0 Å². The van der Waals surface area contributed by atoms with Gasteiger partial charge in [0.15, 0.2) is 0 Å². The first-order chi connectivity index (χ1) is 15.4. The number of H-pyrrole nitrogens is 1. The number of imidazole rings is 1. The second-order valence-corrected chi connectivity index (χ2v) is 9.02. The van der Waals surface area contributed by atoms with E-state index >= 15 is 0 Å². The molecule has 0 atom stereocenters. The molecule has 4 rings (SSSR count). The van der Waals surface area contributed by atoms with Gasteiger partial charge in [0.2, 0.25) is 5.82 Å². The summed E-state index contributed by atoms with van der Waals surface area (Å²) in [7, 11) is 0. The van der Waals surface area contributed by atoms with Crippen LogP contribution in [-0.2, 0) is 19.4 Å². The maximum absolute atomic E-state index is 4.95. The number of hydrogen-bond acceptors (Lipinski definition) is 4. The second kappa shape index (κ2) is 8.96. The highest BCUT2D eigenvalue weighted by Crippen LogP contribution is 2.29. The molecule has 0 saturated heterocycles. The highest BCUT2D eigenvalue weighted by molar-refractivity contribution is 5.79. The molecule has 0 unspecified atom stereocenters. The van der Waals surface area contributed by atoms with Gasteiger partial charge in [0.05, 0.1) is 11.3 Å². The highest BCUT2D eigenvalue weighted by Gasteiger charge is 2.22. The van der Waals surface area contributed by atoms with Crippen molar-refractivity contribution >= 4 is 0 Å². The van der Waals surface area contributed by atoms with Crippen LogP contribution in [0, 0.1) is 24.5 Å². The highest BCUT2D eigenvalue weighted by atomic mass is 15.5. The number of nitrogens with one attached hydrogen (secondary N) is 1. The fourth-order valence-electron chi connectivity index (χ4n) is 4.04. The van der Waals surface area contributed by atoms with E-state index in [0.717, 1.165) is 48.2 Å². The van der Waals surface area contributed by atoms with Crippen LogP contribution in [0.4, 0.5) is 0 Å². The van der Waals surface area contributed by atoms with Crippen molar-refractivity contribution in [2.24, 2.45) is 5.41 Å². The zero-order chi connectivity index (χ0) is 22.7. The quantitative estimate of drug-likeness (QED) is 0.419. The van der Waals surface area contributed by atoms with Crippen LogP contribution in [0.25, 0.3) is 22.5 Å². The number of tetrazole rings is 1. The van der Waals surface area contributed by atoms with Crippen molar-refractivity contribution in [2.45, 2.75) is 60.4 Å². The molecular formula is C26H30N6. The van der Waals surface area contributed by atoms with Crippen LogP contribution in [0.5, 0.6) is 0 Å². The van der Waals surface area contributed by atoms with E-state index in [1.165, 1.54) is 17.1 Å². The first-order valence-corrected chi connectivity index (χ1v) is 11.2. The predicted molar refractivity (Wildman–Crippen MR) is 126 cm³/mol. The van der Waals surface area contributed by atoms with Crippen LogP contribution in [0.3, 0.4) is 0 Å². The Kier molecular flexibility index (Phi) is 6.09. The zero-order valence-electron chi connectivity index (χ0n) is 19.5. The molecule has 0 aliphatic rings. The monoisotopic (exact) mass is 426 g/mol. The minimum absolute atomic E-state index is 0.233. The number of hydrogen-bond donors (Lipinski definition) is 1. The molecule has 164 valence electrons. The van der Waals surface area contributed by atoms with Crippen LogP contribution in [0.15, 0.2) is 36.4 Å². The Bertz CT molecular complexity index is 1170. The van der Waals surface area contributed by atoms with Gasteiger partial charge in [0.1, 0.15) is 5.82 Å². The zero-order valence-corrected chi connectivity index (χ0v) is 19.5. The molecule has 0 bridgehead atoms. The summed E-state index contributed by atoms with van der Waals surface area (Å²) in [5.41, 5.74) is 6.84. The van der Waals surface area contributed by atoms with Crippen LogP contribution in [-0.4, -0.2) is 30.2 Å². The normalized spacial score (nSPS) is 11.5. The Morgan fingerprint density at radius 2 is 1.88 bits per heavy atom. The van der Waals surface area contributed by atoms with E-state index in [0.29, 0.717) is 5.82 Å². The van der Waals surface area contributed by atoms with Crippen molar-refractivity contribution in [3.8, 4) is 22.5 Å². The van der Waals surface area contributed by atoms with Gasteiger partial charge in [-0.1, -0.05) is 70.5 Å². The van der Waals surface area contributed by atoms with Gasteiger partial charge in [0.25, 0.3) is 0 Å². The molecule has 32 heavy (non-hydrogen) atoms. The first kappa shape index (κ1) is 21.8. The molecule has 0 fully saturated rings. The standard InChI is InChI=1S/C26H30N6/c1-6-23-18(3)27-24(16-26(4,5)7-2)32(23)17-19-12-14-20(15-13-19)21-10-8-9-11-22(21)25-28-30-31-29-25/h8,10,12-15H,6-7,16-17H2,1-5H3,(H,28,29,30,31). The van der Waals surface area contributed by atoms with Crippen molar-refractivity contribution in [1.29, 1.82) is 0 Å². The molecule has 6 nitrogen and oxygen atoms in total. The summed E-state index contributed by atoms with van der Waals surface area (Å²) >= 11 is 0. The Balaban J connectivity index is 1.64. The molecule has 1 N–H and O–H groups in total.